The van der Waals surface area contributed by atoms with E-state index in [1.807, 2.05) is 0 Å². The number of rotatable bonds is 1. The third kappa shape index (κ3) is 1.98. The molecule has 3 heterocycles. The molecular weight excluding hydrogens is 289 g/mol. The van der Waals surface area contributed by atoms with Crippen LogP contribution < -0.4 is 5.56 Å². The number of hydrogen-bond acceptors (Lipinski definition) is 4. The molecule has 3 aromatic rings. The highest BCUT2D eigenvalue weighted by Gasteiger charge is 2.19. The fraction of sp³-hybridized carbons (Fsp3) is 0.267. The average molecular weight is 301 g/mol. The second-order valence-corrected chi connectivity index (χ2v) is 6.07. The quantitative estimate of drug-likeness (QED) is 0.694. The number of benzene rings is 1. The lowest BCUT2D eigenvalue weighted by Crippen LogP contribution is -2.28. The number of aryl methyl sites for hydroxylation is 1. The molecule has 21 heavy (non-hydrogen) atoms. The molecule has 106 valence electrons. The molecule has 0 N–H and O–H groups in total. The Bertz CT molecular complexity index is 900. The first-order valence-electron chi connectivity index (χ1n) is 6.89. The summed E-state index contributed by atoms with van der Waals surface area (Å²) in [6, 6.07) is 6.46. The van der Waals surface area contributed by atoms with Crippen LogP contribution in [-0.4, -0.2) is 14.5 Å². The van der Waals surface area contributed by atoms with Crippen LogP contribution in [0.4, 0.5) is 4.39 Å². The van der Waals surface area contributed by atoms with Crippen LogP contribution in [0.15, 0.2) is 29.1 Å². The van der Waals surface area contributed by atoms with Crippen LogP contribution in [0, 0.1) is 5.82 Å². The molecule has 0 aliphatic carbocycles. The smallest absolute Gasteiger partial charge is 0.280 e. The highest BCUT2D eigenvalue weighted by molar-refractivity contribution is 7.21. The maximum atomic E-state index is 13.9. The van der Waals surface area contributed by atoms with Crippen molar-refractivity contribution in [2.45, 2.75) is 25.8 Å². The Morgan fingerprint density at radius 3 is 2.90 bits per heavy atom. The molecule has 1 aliphatic rings. The normalized spacial score (nSPS) is 14.3. The molecule has 1 aliphatic heterocycles. The number of thiazole rings is 1. The van der Waals surface area contributed by atoms with Gasteiger partial charge in [0.2, 0.25) is 0 Å². The first kappa shape index (κ1) is 12.6. The van der Waals surface area contributed by atoms with Gasteiger partial charge >= 0.3 is 0 Å². The molecule has 4 nitrogen and oxygen atoms in total. The minimum absolute atomic E-state index is 0.103. The summed E-state index contributed by atoms with van der Waals surface area (Å²) in [7, 11) is 0. The summed E-state index contributed by atoms with van der Waals surface area (Å²) in [5.41, 5.74) is 0.667. The van der Waals surface area contributed by atoms with E-state index < -0.39 is 0 Å². The van der Waals surface area contributed by atoms with Crippen molar-refractivity contribution in [1.82, 2.24) is 14.5 Å². The average Bonchev–Trinajstić information content (AvgIpc) is 2.92. The van der Waals surface area contributed by atoms with E-state index >= 15 is 0 Å². The largest absolute Gasteiger partial charge is 0.295 e. The molecule has 1 aromatic carbocycles. The highest BCUT2D eigenvalue weighted by atomic mass is 32.1. The molecule has 0 unspecified atom stereocenters. The first-order chi connectivity index (χ1) is 10.2. The Morgan fingerprint density at radius 2 is 2.05 bits per heavy atom. The Hall–Kier alpha value is -2.08. The zero-order valence-corrected chi connectivity index (χ0v) is 12.0. The van der Waals surface area contributed by atoms with Gasteiger partial charge in [0.1, 0.15) is 16.6 Å². The van der Waals surface area contributed by atoms with E-state index in [1.165, 1.54) is 17.4 Å². The summed E-state index contributed by atoms with van der Waals surface area (Å²) in [6.07, 6.45) is 2.86. The number of nitrogens with zero attached hydrogens (tertiary/aromatic N) is 3. The van der Waals surface area contributed by atoms with E-state index in [0.29, 0.717) is 27.5 Å². The summed E-state index contributed by atoms with van der Waals surface area (Å²) < 4.78 is 15.6. The molecule has 0 bridgehead atoms. The molecule has 0 radical (unpaired) electrons. The Morgan fingerprint density at radius 1 is 1.19 bits per heavy atom. The molecule has 0 fully saturated rings. The molecule has 0 spiro atoms. The van der Waals surface area contributed by atoms with E-state index in [2.05, 4.69) is 9.97 Å². The summed E-state index contributed by atoms with van der Waals surface area (Å²) in [5, 5.41) is 0.510. The van der Waals surface area contributed by atoms with Crippen LogP contribution in [0.2, 0.25) is 0 Å². The zero-order chi connectivity index (χ0) is 14.4. The van der Waals surface area contributed by atoms with Crippen LogP contribution in [0.5, 0.6) is 0 Å². The van der Waals surface area contributed by atoms with E-state index in [4.69, 9.17) is 0 Å². The molecule has 0 amide bonds. The SMILES string of the molecule is O=c1c2nc(-c3ccccc3F)sc2nc2n1CCCC2. The lowest BCUT2D eigenvalue weighted by atomic mass is 10.1. The van der Waals surface area contributed by atoms with Crippen molar-refractivity contribution in [2.75, 3.05) is 0 Å². The highest BCUT2D eigenvalue weighted by Crippen LogP contribution is 2.30. The van der Waals surface area contributed by atoms with Crippen molar-refractivity contribution in [3.63, 3.8) is 0 Å². The van der Waals surface area contributed by atoms with Gasteiger partial charge in [-0.1, -0.05) is 23.5 Å². The molecule has 6 heteroatoms. The van der Waals surface area contributed by atoms with Crippen molar-refractivity contribution in [2.24, 2.45) is 0 Å². The van der Waals surface area contributed by atoms with Crippen LogP contribution in [0.3, 0.4) is 0 Å². The second kappa shape index (κ2) is 4.73. The second-order valence-electron chi connectivity index (χ2n) is 5.09. The van der Waals surface area contributed by atoms with Gasteiger partial charge in [-0.2, -0.15) is 0 Å². The van der Waals surface area contributed by atoms with E-state index in [9.17, 15) is 9.18 Å². The van der Waals surface area contributed by atoms with Gasteiger partial charge in [-0.3, -0.25) is 9.36 Å². The number of halogens is 1. The number of fused-ring (bicyclic) bond motifs is 2. The number of hydrogen-bond donors (Lipinski definition) is 0. The van der Waals surface area contributed by atoms with Gasteiger partial charge in [0.05, 0.1) is 0 Å². The summed E-state index contributed by atoms with van der Waals surface area (Å²) in [5.74, 6) is 0.490. The van der Waals surface area contributed by atoms with Crippen molar-refractivity contribution < 1.29 is 4.39 Å². The Labute approximate surface area is 123 Å². The predicted octanol–water partition coefficient (Wildman–Crippen LogP) is 3.00. The van der Waals surface area contributed by atoms with E-state index in [1.54, 1.807) is 22.8 Å². The van der Waals surface area contributed by atoms with Crippen molar-refractivity contribution in [3.05, 3.63) is 46.3 Å². The van der Waals surface area contributed by atoms with Gasteiger partial charge in [0, 0.05) is 18.5 Å². The molecule has 2 aromatic heterocycles. The lowest BCUT2D eigenvalue weighted by molar-refractivity contribution is 0.501. The van der Waals surface area contributed by atoms with Crippen LogP contribution in [0.25, 0.3) is 20.9 Å². The fourth-order valence-corrected chi connectivity index (χ4v) is 3.65. The topological polar surface area (TPSA) is 47.8 Å². The predicted molar refractivity (Wildman–Crippen MR) is 80.0 cm³/mol. The van der Waals surface area contributed by atoms with Gasteiger partial charge in [-0.25, -0.2) is 14.4 Å². The first-order valence-corrected chi connectivity index (χ1v) is 7.71. The lowest BCUT2D eigenvalue weighted by Gasteiger charge is -2.16. The summed E-state index contributed by atoms with van der Waals surface area (Å²) in [6.45, 7) is 0.698. The van der Waals surface area contributed by atoms with Gasteiger partial charge in [0.15, 0.2) is 10.3 Å². The van der Waals surface area contributed by atoms with Gasteiger partial charge in [-0.15, -0.1) is 0 Å². The molecule has 4 rings (SSSR count). The van der Waals surface area contributed by atoms with Crippen LogP contribution in [0.1, 0.15) is 18.7 Å². The standard InChI is InChI=1S/C15H12FN3OS/c16-10-6-2-1-5-9(10)13-18-12-14(21-13)17-11-7-3-4-8-19(11)15(12)20/h1-2,5-6H,3-4,7-8H2. The molecule has 0 atom stereocenters. The van der Waals surface area contributed by atoms with Crippen molar-refractivity contribution >= 4 is 21.7 Å². The van der Waals surface area contributed by atoms with Crippen molar-refractivity contribution in [1.29, 1.82) is 0 Å². The van der Waals surface area contributed by atoms with E-state index in [-0.39, 0.29) is 11.4 Å². The molecule has 0 saturated heterocycles. The van der Waals surface area contributed by atoms with Gasteiger partial charge in [-0.05, 0) is 25.0 Å². The molecule has 0 saturated carbocycles. The maximum Gasteiger partial charge on any atom is 0.280 e. The fourth-order valence-electron chi connectivity index (χ4n) is 2.67. The number of aromatic nitrogens is 3. The summed E-state index contributed by atoms with van der Waals surface area (Å²) in [4.78, 5) is 22.0. The Balaban J connectivity index is 1.97. The van der Waals surface area contributed by atoms with Crippen molar-refractivity contribution in [3.8, 4) is 10.6 Å². The third-order valence-corrected chi connectivity index (χ3v) is 4.72. The van der Waals surface area contributed by atoms with Gasteiger partial charge < -0.3 is 0 Å². The minimum Gasteiger partial charge on any atom is -0.295 e. The molecular formula is C15H12FN3OS. The van der Waals surface area contributed by atoms with Crippen LogP contribution in [-0.2, 0) is 13.0 Å². The maximum absolute atomic E-state index is 13.9. The zero-order valence-electron chi connectivity index (χ0n) is 11.2. The van der Waals surface area contributed by atoms with E-state index in [0.717, 1.165) is 25.1 Å². The monoisotopic (exact) mass is 301 g/mol. The summed E-state index contributed by atoms with van der Waals surface area (Å²) >= 11 is 1.28. The third-order valence-electron chi connectivity index (χ3n) is 3.74. The minimum atomic E-state index is -0.332. The van der Waals surface area contributed by atoms with Gasteiger partial charge in [0.25, 0.3) is 5.56 Å². The Kier molecular flexibility index (Phi) is 2.85. The van der Waals surface area contributed by atoms with Crippen LogP contribution >= 0.6 is 11.3 Å².